The third-order valence-corrected chi connectivity index (χ3v) is 6.49. The molecule has 1 aliphatic carbocycles. The summed E-state index contributed by atoms with van der Waals surface area (Å²) >= 11 is 0. The molecule has 2 aromatic rings. The van der Waals surface area contributed by atoms with Crippen LogP contribution in [-0.2, 0) is 12.7 Å². The molecule has 2 N–H and O–H groups in total. The van der Waals surface area contributed by atoms with Crippen molar-refractivity contribution in [3.8, 4) is 6.07 Å². The van der Waals surface area contributed by atoms with E-state index in [0.717, 1.165) is 25.0 Å². The molecule has 1 aliphatic heterocycles. The number of rotatable bonds is 7. The van der Waals surface area contributed by atoms with Crippen LogP contribution in [0.25, 0.3) is 0 Å². The molecule has 186 valence electrons. The molecule has 2 aliphatic rings. The topological polar surface area (TPSA) is 105 Å². The minimum atomic E-state index is -4.43. The van der Waals surface area contributed by atoms with E-state index in [-0.39, 0.29) is 43.9 Å². The molecule has 0 unspecified atom stereocenters. The highest BCUT2D eigenvalue weighted by molar-refractivity contribution is 5.65. The van der Waals surface area contributed by atoms with Crippen molar-refractivity contribution in [1.29, 1.82) is 5.26 Å². The van der Waals surface area contributed by atoms with E-state index < -0.39 is 29.1 Å². The summed E-state index contributed by atoms with van der Waals surface area (Å²) in [6.07, 6.45) is -2.03. The number of aromatic nitrogens is 2. The predicted molar refractivity (Wildman–Crippen MR) is 118 cm³/mol. The molecule has 8 nitrogen and oxygen atoms in total. The second kappa shape index (κ2) is 9.56. The third kappa shape index (κ3) is 5.55. The van der Waals surface area contributed by atoms with Gasteiger partial charge in [-0.3, -0.25) is 0 Å². The highest BCUT2D eigenvalue weighted by Gasteiger charge is 2.37. The number of nitrogens with zero attached hydrogens (tertiary/aromatic N) is 5. The quantitative estimate of drug-likeness (QED) is 0.549. The van der Waals surface area contributed by atoms with Crippen LogP contribution in [0.4, 0.5) is 34.0 Å². The van der Waals surface area contributed by atoms with Gasteiger partial charge in [-0.15, -0.1) is 0 Å². The molecular formula is C23H24F4N6O2. The van der Waals surface area contributed by atoms with Gasteiger partial charge in [0.2, 0.25) is 5.82 Å². The van der Waals surface area contributed by atoms with Crippen LogP contribution in [0.2, 0.25) is 0 Å². The van der Waals surface area contributed by atoms with E-state index in [0.29, 0.717) is 18.4 Å². The second-order valence-corrected chi connectivity index (χ2v) is 8.93. The summed E-state index contributed by atoms with van der Waals surface area (Å²) in [6.45, 7) is 0.700. The molecule has 4 rings (SSSR count). The number of halogens is 4. The Morgan fingerprint density at radius 1 is 1.23 bits per heavy atom. The lowest BCUT2D eigenvalue weighted by atomic mass is 9.80. The van der Waals surface area contributed by atoms with Gasteiger partial charge >= 0.3 is 12.3 Å². The third-order valence-electron chi connectivity index (χ3n) is 6.49. The van der Waals surface area contributed by atoms with Crippen molar-refractivity contribution in [2.45, 2.75) is 44.4 Å². The SMILES string of the molecule is N#CC1(CNc2ncnc(N(Cc3ccc(C(F)(F)F)cc3)C3CC3)c2F)CCN(C(=O)O)CC1. The fourth-order valence-corrected chi connectivity index (χ4v) is 4.15. The summed E-state index contributed by atoms with van der Waals surface area (Å²) in [6, 6.07) is 7.00. The number of likely N-dealkylation sites (tertiary alicyclic amines) is 1. The maximum atomic E-state index is 15.4. The average molecular weight is 492 g/mol. The Bertz CT molecular complexity index is 1110. The van der Waals surface area contributed by atoms with Crippen LogP contribution in [0.3, 0.4) is 0 Å². The molecule has 1 saturated heterocycles. The van der Waals surface area contributed by atoms with Gasteiger partial charge < -0.3 is 20.2 Å². The number of anilines is 2. The Kier molecular flexibility index (Phi) is 6.69. The van der Waals surface area contributed by atoms with E-state index in [1.165, 1.54) is 23.4 Å². The van der Waals surface area contributed by atoms with Gasteiger partial charge in [-0.2, -0.15) is 22.8 Å². The highest BCUT2D eigenvalue weighted by Crippen LogP contribution is 2.36. The number of alkyl halides is 3. The van der Waals surface area contributed by atoms with Crippen molar-refractivity contribution in [1.82, 2.24) is 14.9 Å². The maximum Gasteiger partial charge on any atom is 0.416 e. The van der Waals surface area contributed by atoms with E-state index in [9.17, 15) is 23.2 Å². The van der Waals surface area contributed by atoms with E-state index in [2.05, 4.69) is 21.4 Å². The molecular weight excluding hydrogens is 468 g/mol. The lowest BCUT2D eigenvalue weighted by Gasteiger charge is -2.36. The Balaban J connectivity index is 1.48. The van der Waals surface area contributed by atoms with Crippen LogP contribution >= 0.6 is 0 Å². The monoisotopic (exact) mass is 492 g/mol. The van der Waals surface area contributed by atoms with Gasteiger partial charge in [-0.1, -0.05) is 12.1 Å². The lowest BCUT2D eigenvalue weighted by molar-refractivity contribution is -0.137. The Morgan fingerprint density at radius 3 is 2.43 bits per heavy atom. The first-order valence-electron chi connectivity index (χ1n) is 11.2. The Labute approximate surface area is 199 Å². The predicted octanol–water partition coefficient (Wildman–Crippen LogP) is 4.50. The summed E-state index contributed by atoms with van der Waals surface area (Å²) in [5.74, 6) is -0.748. The average Bonchev–Trinajstić information content (AvgIpc) is 3.67. The van der Waals surface area contributed by atoms with Crippen molar-refractivity contribution < 1.29 is 27.5 Å². The highest BCUT2D eigenvalue weighted by atomic mass is 19.4. The molecule has 1 amide bonds. The van der Waals surface area contributed by atoms with Gasteiger partial charge in [-0.25, -0.2) is 14.8 Å². The first-order valence-corrected chi connectivity index (χ1v) is 11.2. The van der Waals surface area contributed by atoms with Crippen LogP contribution in [-0.4, -0.2) is 51.7 Å². The number of hydrogen-bond donors (Lipinski definition) is 2. The fraction of sp³-hybridized carbons (Fsp3) is 0.478. The first-order chi connectivity index (χ1) is 16.6. The van der Waals surface area contributed by atoms with Gasteiger partial charge in [0.15, 0.2) is 11.6 Å². The van der Waals surface area contributed by atoms with E-state index in [4.69, 9.17) is 5.11 Å². The molecule has 0 radical (unpaired) electrons. The molecule has 1 saturated carbocycles. The van der Waals surface area contributed by atoms with Gasteiger partial charge in [0.05, 0.1) is 17.0 Å². The molecule has 2 heterocycles. The largest absolute Gasteiger partial charge is 0.465 e. The molecule has 35 heavy (non-hydrogen) atoms. The summed E-state index contributed by atoms with van der Waals surface area (Å²) < 4.78 is 54.0. The van der Waals surface area contributed by atoms with Crippen molar-refractivity contribution >= 4 is 17.7 Å². The molecule has 1 aromatic carbocycles. The van der Waals surface area contributed by atoms with E-state index >= 15 is 4.39 Å². The maximum absolute atomic E-state index is 15.4. The number of hydrogen-bond acceptors (Lipinski definition) is 6. The van der Waals surface area contributed by atoms with Crippen LogP contribution in [0.15, 0.2) is 30.6 Å². The van der Waals surface area contributed by atoms with Crippen LogP contribution in [0, 0.1) is 22.6 Å². The van der Waals surface area contributed by atoms with Crippen molar-refractivity contribution in [2.24, 2.45) is 5.41 Å². The second-order valence-electron chi connectivity index (χ2n) is 8.93. The summed E-state index contributed by atoms with van der Waals surface area (Å²) in [4.78, 5) is 22.2. The fourth-order valence-electron chi connectivity index (χ4n) is 4.15. The zero-order chi connectivity index (χ0) is 25.2. The zero-order valence-corrected chi connectivity index (χ0v) is 18.7. The van der Waals surface area contributed by atoms with E-state index in [1.54, 1.807) is 4.90 Å². The number of amides is 1. The number of carboxylic acid groups (broad SMARTS) is 1. The van der Waals surface area contributed by atoms with Crippen molar-refractivity contribution in [3.63, 3.8) is 0 Å². The molecule has 0 spiro atoms. The number of nitriles is 1. The van der Waals surface area contributed by atoms with Crippen LogP contribution < -0.4 is 10.2 Å². The minimum absolute atomic E-state index is 0.0142. The standard InChI is InChI=1S/C23H24F4N6O2/c24-18-19(29-13-22(12-28)7-9-32(10-8-22)21(34)35)30-14-31-20(18)33(17-5-6-17)11-15-1-3-16(4-2-15)23(25,26)27/h1-4,14,17H,5-11,13H2,(H,34,35)(H,29,30,31). The first kappa shape index (κ1) is 24.5. The van der Waals surface area contributed by atoms with Crippen molar-refractivity contribution in [2.75, 3.05) is 29.9 Å². The smallest absolute Gasteiger partial charge is 0.416 e. The Morgan fingerprint density at radius 2 is 1.89 bits per heavy atom. The van der Waals surface area contributed by atoms with Crippen LogP contribution in [0.5, 0.6) is 0 Å². The van der Waals surface area contributed by atoms with Crippen LogP contribution in [0.1, 0.15) is 36.8 Å². The van der Waals surface area contributed by atoms with Gasteiger partial charge in [0.1, 0.15) is 6.33 Å². The summed E-state index contributed by atoms with van der Waals surface area (Å²) in [5.41, 5.74) is -1.02. The normalized spacial score (nSPS) is 17.5. The zero-order valence-electron chi connectivity index (χ0n) is 18.7. The summed E-state index contributed by atoms with van der Waals surface area (Å²) in [5, 5.41) is 21.7. The number of piperidine rings is 1. The van der Waals surface area contributed by atoms with Crippen molar-refractivity contribution in [3.05, 3.63) is 47.5 Å². The van der Waals surface area contributed by atoms with Gasteiger partial charge in [0.25, 0.3) is 0 Å². The molecule has 2 fully saturated rings. The summed E-state index contributed by atoms with van der Waals surface area (Å²) in [7, 11) is 0. The van der Waals surface area contributed by atoms with Gasteiger partial charge in [-0.05, 0) is 43.4 Å². The van der Waals surface area contributed by atoms with E-state index in [1.807, 2.05) is 0 Å². The van der Waals surface area contributed by atoms with Gasteiger partial charge in [0, 0.05) is 32.2 Å². The molecule has 12 heteroatoms. The molecule has 0 atom stereocenters. The lowest BCUT2D eigenvalue weighted by Crippen LogP contribution is -2.44. The molecule has 1 aromatic heterocycles. The Hall–Kier alpha value is -3.62. The number of carbonyl (C=O) groups is 1. The number of benzene rings is 1. The number of nitrogens with one attached hydrogen (secondary N) is 1. The molecule has 0 bridgehead atoms. The minimum Gasteiger partial charge on any atom is -0.465 e.